The molecule has 2 aromatic carbocycles. The smallest absolute Gasteiger partial charge is 0.319 e. The zero-order valence-corrected chi connectivity index (χ0v) is 17.0. The zero-order valence-electron chi connectivity index (χ0n) is 17.0. The van der Waals surface area contributed by atoms with Crippen LogP contribution in [0.2, 0.25) is 0 Å². The molecule has 0 saturated carbocycles. The number of fused-ring (bicyclic) bond motifs is 1. The molecule has 1 saturated heterocycles. The van der Waals surface area contributed by atoms with Crippen molar-refractivity contribution in [2.45, 2.75) is 25.2 Å². The Bertz CT molecular complexity index is 1050. The number of aromatic amines is 1. The molecule has 0 aliphatic carbocycles. The fourth-order valence-electron chi connectivity index (χ4n) is 4.11. The summed E-state index contributed by atoms with van der Waals surface area (Å²) in [5.41, 5.74) is 3.56. The first-order chi connectivity index (χ1) is 14.5. The van der Waals surface area contributed by atoms with Gasteiger partial charge in [-0.25, -0.2) is 4.39 Å². The van der Waals surface area contributed by atoms with E-state index in [1.165, 1.54) is 24.8 Å². The number of nitrogens with one attached hydrogen (secondary N) is 1. The molecule has 0 amide bonds. The number of halogens is 1. The van der Waals surface area contributed by atoms with Gasteiger partial charge in [-0.05, 0) is 73.3 Å². The van der Waals surface area contributed by atoms with Crippen LogP contribution in [0.3, 0.4) is 0 Å². The SMILES string of the molecule is COC(=O)CN1CCC(c2ccc3[nH]c(C(=O)Cc4ccc(F)cc4)cc3c2)CC1. The Kier molecular flexibility index (Phi) is 5.95. The molecular weight excluding hydrogens is 383 g/mol. The third kappa shape index (κ3) is 4.60. The van der Waals surface area contributed by atoms with Gasteiger partial charge in [-0.15, -0.1) is 0 Å². The molecule has 1 aromatic heterocycles. The van der Waals surface area contributed by atoms with Crippen LogP contribution in [0.25, 0.3) is 10.9 Å². The largest absolute Gasteiger partial charge is 0.468 e. The first kappa shape index (κ1) is 20.3. The molecule has 0 spiro atoms. The first-order valence-corrected chi connectivity index (χ1v) is 10.2. The summed E-state index contributed by atoms with van der Waals surface area (Å²) in [6.07, 6.45) is 2.21. The second-order valence-electron chi connectivity index (χ2n) is 7.88. The van der Waals surface area contributed by atoms with E-state index in [-0.39, 0.29) is 24.0 Å². The van der Waals surface area contributed by atoms with Crippen LogP contribution in [-0.2, 0) is 16.0 Å². The highest BCUT2D eigenvalue weighted by Gasteiger charge is 2.22. The molecule has 1 aliphatic heterocycles. The van der Waals surface area contributed by atoms with Gasteiger partial charge in [0.2, 0.25) is 0 Å². The van der Waals surface area contributed by atoms with Gasteiger partial charge in [-0.3, -0.25) is 14.5 Å². The van der Waals surface area contributed by atoms with E-state index in [1.807, 2.05) is 12.1 Å². The number of piperidine rings is 1. The van der Waals surface area contributed by atoms with Gasteiger partial charge in [0, 0.05) is 17.3 Å². The monoisotopic (exact) mass is 408 g/mol. The number of hydrogen-bond acceptors (Lipinski definition) is 4. The average Bonchev–Trinajstić information content (AvgIpc) is 3.19. The lowest BCUT2D eigenvalue weighted by molar-refractivity contribution is -0.142. The van der Waals surface area contributed by atoms with Crippen molar-refractivity contribution < 1.29 is 18.7 Å². The summed E-state index contributed by atoms with van der Waals surface area (Å²) >= 11 is 0. The molecule has 5 nitrogen and oxygen atoms in total. The molecule has 6 heteroatoms. The molecule has 4 rings (SSSR count). The minimum absolute atomic E-state index is 0.0181. The molecule has 156 valence electrons. The number of likely N-dealkylation sites (tertiary alicyclic amines) is 1. The number of benzene rings is 2. The van der Waals surface area contributed by atoms with Crippen LogP contribution in [-0.4, -0.2) is 48.4 Å². The zero-order chi connectivity index (χ0) is 21.1. The van der Waals surface area contributed by atoms with Crippen molar-refractivity contribution in [2.75, 3.05) is 26.7 Å². The van der Waals surface area contributed by atoms with E-state index in [4.69, 9.17) is 4.74 Å². The predicted molar refractivity (Wildman–Crippen MR) is 113 cm³/mol. The lowest BCUT2D eigenvalue weighted by Crippen LogP contribution is -2.37. The molecule has 0 radical (unpaired) electrons. The molecule has 1 N–H and O–H groups in total. The van der Waals surface area contributed by atoms with E-state index in [0.29, 0.717) is 18.2 Å². The highest BCUT2D eigenvalue weighted by atomic mass is 19.1. The maximum absolute atomic E-state index is 13.1. The number of aromatic nitrogens is 1. The van der Waals surface area contributed by atoms with Crippen molar-refractivity contribution in [2.24, 2.45) is 0 Å². The molecule has 0 bridgehead atoms. The lowest BCUT2D eigenvalue weighted by atomic mass is 9.89. The number of carbonyl (C=O) groups excluding carboxylic acids is 2. The summed E-state index contributed by atoms with van der Waals surface area (Å²) in [5.74, 6) is -0.0764. The number of methoxy groups -OCH3 is 1. The second kappa shape index (κ2) is 8.79. The number of ether oxygens (including phenoxy) is 1. The first-order valence-electron chi connectivity index (χ1n) is 10.2. The summed E-state index contributed by atoms with van der Waals surface area (Å²) in [4.78, 5) is 29.4. The molecule has 1 aliphatic rings. The summed E-state index contributed by atoms with van der Waals surface area (Å²) in [6.45, 7) is 2.08. The molecule has 1 fully saturated rings. The standard InChI is InChI=1S/C24H25FN2O3/c1-30-24(29)15-27-10-8-17(9-11-27)18-4-7-21-19(13-18)14-22(26-21)23(28)12-16-2-5-20(25)6-3-16/h2-7,13-14,17,26H,8-12,15H2,1H3. The highest BCUT2D eigenvalue weighted by Crippen LogP contribution is 2.30. The highest BCUT2D eigenvalue weighted by molar-refractivity contribution is 6.00. The van der Waals surface area contributed by atoms with Crippen LogP contribution in [0.1, 0.15) is 40.4 Å². The van der Waals surface area contributed by atoms with E-state index in [2.05, 4.69) is 22.0 Å². The van der Waals surface area contributed by atoms with E-state index < -0.39 is 0 Å². The summed E-state index contributed by atoms with van der Waals surface area (Å²) in [5, 5.41) is 1.02. The number of nitrogens with zero attached hydrogens (tertiary/aromatic N) is 1. The minimum Gasteiger partial charge on any atom is -0.468 e. The molecule has 0 unspecified atom stereocenters. The predicted octanol–water partition coefficient (Wildman–Crippen LogP) is 4.08. The van der Waals surface area contributed by atoms with Crippen LogP contribution in [0.15, 0.2) is 48.5 Å². The van der Waals surface area contributed by atoms with Gasteiger partial charge in [0.15, 0.2) is 5.78 Å². The van der Waals surface area contributed by atoms with Crippen LogP contribution in [0.4, 0.5) is 4.39 Å². The van der Waals surface area contributed by atoms with Crippen molar-refractivity contribution in [1.29, 1.82) is 0 Å². The number of esters is 1. The molecule has 30 heavy (non-hydrogen) atoms. The number of hydrogen-bond donors (Lipinski definition) is 1. The third-order valence-electron chi connectivity index (χ3n) is 5.86. The third-order valence-corrected chi connectivity index (χ3v) is 5.86. The van der Waals surface area contributed by atoms with Gasteiger partial charge in [-0.1, -0.05) is 18.2 Å². The van der Waals surface area contributed by atoms with Crippen LogP contribution >= 0.6 is 0 Å². The van der Waals surface area contributed by atoms with Crippen molar-refractivity contribution in [3.8, 4) is 0 Å². The Balaban J connectivity index is 1.43. The molecule has 3 aromatic rings. The topological polar surface area (TPSA) is 62.4 Å². The number of carbonyl (C=O) groups is 2. The fraction of sp³-hybridized carbons (Fsp3) is 0.333. The van der Waals surface area contributed by atoms with Crippen LogP contribution in [0.5, 0.6) is 0 Å². The van der Waals surface area contributed by atoms with Gasteiger partial charge in [0.1, 0.15) is 5.82 Å². The van der Waals surface area contributed by atoms with E-state index in [1.54, 1.807) is 12.1 Å². The van der Waals surface area contributed by atoms with Crippen LogP contribution in [0, 0.1) is 5.82 Å². The van der Waals surface area contributed by atoms with Crippen molar-refractivity contribution in [1.82, 2.24) is 9.88 Å². The Hall–Kier alpha value is -2.99. The molecule has 2 heterocycles. The van der Waals surface area contributed by atoms with Crippen molar-refractivity contribution in [3.63, 3.8) is 0 Å². The minimum atomic E-state index is -0.305. The Morgan fingerprint density at radius 2 is 1.83 bits per heavy atom. The van der Waals surface area contributed by atoms with Crippen molar-refractivity contribution >= 4 is 22.7 Å². The Morgan fingerprint density at radius 1 is 1.10 bits per heavy atom. The number of ketones is 1. The van der Waals surface area contributed by atoms with E-state index in [0.717, 1.165) is 42.4 Å². The fourth-order valence-corrected chi connectivity index (χ4v) is 4.11. The summed E-state index contributed by atoms with van der Waals surface area (Å²) in [7, 11) is 1.42. The quantitative estimate of drug-likeness (QED) is 0.493. The summed E-state index contributed by atoms with van der Waals surface area (Å²) in [6, 6.07) is 14.2. The summed E-state index contributed by atoms with van der Waals surface area (Å²) < 4.78 is 17.8. The lowest BCUT2D eigenvalue weighted by Gasteiger charge is -2.31. The number of H-pyrrole nitrogens is 1. The van der Waals surface area contributed by atoms with Gasteiger partial charge in [-0.2, -0.15) is 0 Å². The van der Waals surface area contributed by atoms with Gasteiger partial charge >= 0.3 is 5.97 Å². The van der Waals surface area contributed by atoms with Gasteiger partial charge < -0.3 is 9.72 Å². The maximum Gasteiger partial charge on any atom is 0.319 e. The Morgan fingerprint density at radius 3 is 2.53 bits per heavy atom. The normalized spacial score (nSPS) is 15.4. The second-order valence-corrected chi connectivity index (χ2v) is 7.88. The van der Waals surface area contributed by atoms with E-state index >= 15 is 0 Å². The number of rotatable bonds is 6. The van der Waals surface area contributed by atoms with Crippen molar-refractivity contribution in [3.05, 3.63) is 71.2 Å². The number of Topliss-reactive ketones (excluding diaryl/α,β-unsaturated/α-hetero) is 1. The average molecular weight is 408 g/mol. The van der Waals surface area contributed by atoms with Gasteiger partial charge in [0.25, 0.3) is 0 Å². The Labute approximate surface area is 174 Å². The van der Waals surface area contributed by atoms with Gasteiger partial charge in [0.05, 0.1) is 19.3 Å². The van der Waals surface area contributed by atoms with E-state index in [9.17, 15) is 14.0 Å². The maximum atomic E-state index is 13.1. The van der Waals surface area contributed by atoms with Crippen LogP contribution < -0.4 is 0 Å². The molecular formula is C24H25FN2O3. The molecule has 0 atom stereocenters.